The number of carbonyl (C=O) groups is 2. The summed E-state index contributed by atoms with van der Waals surface area (Å²) in [6.45, 7) is 0.121. The number of benzene rings is 2. The van der Waals surface area contributed by atoms with Crippen molar-refractivity contribution in [1.29, 1.82) is 0 Å². The number of esters is 1. The molecule has 0 fully saturated rings. The monoisotopic (exact) mass is 383 g/mol. The van der Waals surface area contributed by atoms with Gasteiger partial charge in [-0.15, -0.1) is 0 Å². The summed E-state index contributed by atoms with van der Waals surface area (Å²) < 4.78 is 10.0. The van der Waals surface area contributed by atoms with Gasteiger partial charge in [-0.05, 0) is 35.0 Å². The minimum atomic E-state index is -1.57. The van der Waals surface area contributed by atoms with E-state index in [4.69, 9.17) is 14.8 Å². The van der Waals surface area contributed by atoms with Gasteiger partial charge < -0.3 is 24.8 Å². The second kappa shape index (κ2) is 8.90. The van der Waals surface area contributed by atoms with Gasteiger partial charge in [0.2, 0.25) is 0 Å². The molecule has 1 aliphatic carbocycles. The van der Waals surface area contributed by atoms with Gasteiger partial charge in [-0.2, -0.15) is 0 Å². The Hall–Kier alpha value is -2.84. The van der Waals surface area contributed by atoms with Gasteiger partial charge >= 0.3 is 19.2 Å². The largest absolute Gasteiger partial charge is 0.467 e. The van der Waals surface area contributed by atoms with Crippen molar-refractivity contribution in [2.45, 2.75) is 24.7 Å². The van der Waals surface area contributed by atoms with Crippen molar-refractivity contribution < 1.29 is 29.1 Å². The van der Waals surface area contributed by atoms with Crippen molar-refractivity contribution in [3.05, 3.63) is 59.7 Å². The van der Waals surface area contributed by atoms with Crippen LogP contribution in [0.5, 0.6) is 0 Å². The topological polar surface area (TPSA) is 105 Å². The fourth-order valence-electron chi connectivity index (χ4n) is 3.49. The second-order valence-corrected chi connectivity index (χ2v) is 6.60. The summed E-state index contributed by atoms with van der Waals surface area (Å²) in [5.74, 6) is -0.761. The van der Waals surface area contributed by atoms with Crippen molar-refractivity contribution in [2.24, 2.45) is 0 Å². The van der Waals surface area contributed by atoms with Gasteiger partial charge in [-0.1, -0.05) is 48.5 Å². The number of methoxy groups -OCH3 is 1. The molecule has 0 saturated carbocycles. The third kappa shape index (κ3) is 4.35. The molecule has 0 unspecified atom stereocenters. The van der Waals surface area contributed by atoms with Crippen LogP contribution in [0.2, 0.25) is 6.32 Å². The Morgan fingerprint density at radius 2 is 1.64 bits per heavy atom. The number of hydrogen-bond acceptors (Lipinski definition) is 6. The van der Waals surface area contributed by atoms with Crippen molar-refractivity contribution in [3.8, 4) is 11.1 Å². The normalized spacial score (nSPS) is 13.2. The summed E-state index contributed by atoms with van der Waals surface area (Å²) in [4.78, 5) is 24.0. The summed E-state index contributed by atoms with van der Waals surface area (Å²) in [5.41, 5.74) is 4.42. The number of carbonyl (C=O) groups excluding carboxylic acids is 2. The minimum Gasteiger partial charge on any atom is -0.467 e. The van der Waals surface area contributed by atoms with Crippen LogP contribution in [0.15, 0.2) is 48.5 Å². The van der Waals surface area contributed by atoms with Crippen LogP contribution in [-0.4, -0.2) is 49.0 Å². The molecule has 2 aromatic rings. The highest BCUT2D eigenvalue weighted by Crippen LogP contribution is 2.44. The smallest absolute Gasteiger partial charge is 0.451 e. The summed E-state index contributed by atoms with van der Waals surface area (Å²) in [6, 6.07) is 15.0. The quantitative estimate of drug-likeness (QED) is 0.499. The van der Waals surface area contributed by atoms with E-state index in [-0.39, 0.29) is 25.3 Å². The molecule has 1 aliphatic rings. The van der Waals surface area contributed by atoms with Gasteiger partial charge in [0.05, 0.1) is 7.11 Å². The average molecular weight is 383 g/mol. The SMILES string of the molecule is COC(=O)[C@H](CCB(O)O)NC(=O)OCC1c2ccccc2-c2ccccc21. The Morgan fingerprint density at radius 3 is 2.18 bits per heavy atom. The van der Waals surface area contributed by atoms with E-state index >= 15 is 0 Å². The molecule has 0 saturated heterocycles. The fraction of sp³-hybridized carbons (Fsp3) is 0.300. The number of ether oxygens (including phenoxy) is 2. The van der Waals surface area contributed by atoms with Crippen LogP contribution in [0.25, 0.3) is 11.1 Å². The molecule has 0 aromatic heterocycles. The Balaban J connectivity index is 1.66. The second-order valence-electron chi connectivity index (χ2n) is 6.60. The molecule has 3 rings (SSSR count). The molecule has 2 aromatic carbocycles. The first-order valence-electron chi connectivity index (χ1n) is 9.06. The first kappa shape index (κ1) is 19.9. The molecule has 0 aliphatic heterocycles. The van der Waals surface area contributed by atoms with Crippen LogP contribution < -0.4 is 5.32 Å². The van der Waals surface area contributed by atoms with Gasteiger partial charge in [0.25, 0.3) is 0 Å². The Labute approximate surface area is 163 Å². The molecule has 0 spiro atoms. The van der Waals surface area contributed by atoms with Crippen molar-refractivity contribution in [1.82, 2.24) is 5.32 Å². The number of amides is 1. The predicted octanol–water partition coefficient (Wildman–Crippen LogP) is 1.93. The van der Waals surface area contributed by atoms with Crippen LogP contribution in [0, 0.1) is 0 Å². The number of fused-ring (bicyclic) bond motifs is 3. The lowest BCUT2D eigenvalue weighted by Gasteiger charge is -2.18. The molecule has 0 bridgehead atoms. The van der Waals surface area contributed by atoms with E-state index in [0.29, 0.717) is 0 Å². The Kier molecular flexibility index (Phi) is 6.33. The molecule has 1 amide bonds. The number of hydrogen-bond donors (Lipinski definition) is 3. The zero-order chi connectivity index (χ0) is 20.1. The molecule has 7 nitrogen and oxygen atoms in total. The van der Waals surface area contributed by atoms with Crippen molar-refractivity contribution >= 4 is 19.2 Å². The van der Waals surface area contributed by atoms with E-state index in [1.54, 1.807) is 0 Å². The minimum absolute atomic E-state index is 0.0224. The summed E-state index contributed by atoms with van der Waals surface area (Å²) in [7, 11) is -0.374. The van der Waals surface area contributed by atoms with Gasteiger partial charge in [-0.3, -0.25) is 0 Å². The maximum Gasteiger partial charge on any atom is 0.451 e. The standard InChI is InChI=1S/C20H22BNO6/c1-27-19(23)18(10-11-21(25)26)22-20(24)28-12-17-15-8-4-2-6-13(15)14-7-3-5-9-16(14)17/h2-9,17-18,25-26H,10-12H2,1H3,(H,22,24)/t18-/m0/s1. The molecule has 3 N–H and O–H groups in total. The third-order valence-corrected chi connectivity index (χ3v) is 4.84. The number of alkyl carbamates (subject to hydrolysis) is 1. The lowest BCUT2D eigenvalue weighted by Crippen LogP contribution is -2.42. The van der Waals surface area contributed by atoms with Crippen LogP contribution >= 0.6 is 0 Å². The van der Waals surface area contributed by atoms with Crippen LogP contribution in [0.4, 0.5) is 4.79 Å². The molecule has 1 atom stereocenters. The summed E-state index contributed by atoms with van der Waals surface area (Å²) >= 11 is 0. The number of rotatable bonds is 7. The summed E-state index contributed by atoms with van der Waals surface area (Å²) in [6.07, 6.45) is -0.817. The van der Waals surface area contributed by atoms with E-state index < -0.39 is 25.2 Å². The highest BCUT2D eigenvalue weighted by Gasteiger charge is 2.30. The van der Waals surface area contributed by atoms with Gasteiger partial charge in [0.15, 0.2) is 0 Å². The maximum atomic E-state index is 12.2. The van der Waals surface area contributed by atoms with Crippen LogP contribution in [-0.2, 0) is 14.3 Å². The highest BCUT2D eigenvalue weighted by atomic mass is 16.6. The Bertz CT molecular complexity index is 811. The first-order chi connectivity index (χ1) is 13.5. The predicted molar refractivity (Wildman–Crippen MR) is 104 cm³/mol. The molecule has 28 heavy (non-hydrogen) atoms. The maximum absolute atomic E-state index is 12.2. The Morgan fingerprint density at radius 1 is 1.07 bits per heavy atom. The van der Waals surface area contributed by atoms with Gasteiger partial charge in [-0.25, -0.2) is 9.59 Å². The molecule has 8 heteroatoms. The fourth-order valence-corrected chi connectivity index (χ4v) is 3.49. The van der Waals surface area contributed by atoms with E-state index in [0.717, 1.165) is 22.3 Å². The molecule has 0 radical (unpaired) electrons. The third-order valence-electron chi connectivity index (χ3n) is 4.84. The lowest BCUT2D eigenvalue weighted by molar-refractivity contribution is -0.143. The molecular formula is C20H22BNO6. The lowest BCUT2D eigenvalue weighted by atomic mass is 9.83. The van der Waals surface area contributed by atoms with E-state index in [1.165, 1.54) is 7.11 Å². The molecular weight excluding hydrogens is 361 g/mol. The van der Waals surface area contributed by atoms with E-state index in [2.05, 4.69) is 10.1 Å². The average Bonchev–Trinajstić information content (AvgIpc) is 3.02. The summed E-state index contributed by atoms with van der Waals surface area (Å²) in [5, 5.41) is 20.4. The van der Waals surface area contributed by atoms with E-state index in [1.807, 2.05) is 48.5 Å². The van der Waals surface area contributed by atoms with E-state index in [9.17, 15) is 9.59 Å². The zero-order valence-electron chi connectivity index (χ0n) is 15.5. The van der Waals surface area contributed by atoms with Crippen LogP contribution in [0.3, 0.4) is 0 Å². The van der Waals surface area contributed by atoms with Gasteiger partial charge in [0, 0.05) is 5.92 Å². The van der Waals surface area contributed by atoms with Crippen LogP contribution in [0.1, 0.15) is 23.5 Å². The zero-order valence-corrected chi connectivity index (χ0v) is 15.5. The number of nitrogens with one attached hydrogen (secondary N) is 1. The van der Waals surface area contributed by atoms with Gasteiger partial charge in [0.1, 0.15) is 12.6 Å². The highest BCUT2D eigenvalue weighted by molar-refractivity contribution is 6.41. The molecule has 146 valence electrons. The van der Waals surface area contributed by atoms with Crippen molar-refractivity contribution in [3.63, 3.8) is 0 Å². The molecule has 0 heterocycles. The van der Waals surface area contributed by atoms with Crippen molar-refractivity contribution in [2.75, 3.05) is 13.7 Å². The first-order valence-corrected chi connectivity index (χ1v) is 9.06.